The van der Waals surface area contributed by atoms with Crippen LogP contribution in [0.4, 0.5) is 0 Å². The quantitative estimate of drug-likeness (QED) is 0.672. The molecule has 2 amide bonds. The van der Waals surface area contributed by atoms with Gasteiger partial charge in [0.15, 0.2) is 5.69 Å². The molecule has 23 heavy (non-hydrogen) atoms. The molecule has 0 unspecified atom stereocenters. The summed E-state index contributed by atoms with van der Waals surface area (Å²) in [5.74, 6) is -1.08. The van der Waals surface area contributed by atoms with Crippen LogP contribution < -0.4 is 5.32 Å². The maximum Gasteiger partial charge on any atom is 0.355 e. The van der Waals surface area contributed by atoms with Crippen molar-refractivity contribution < 1.29 is 19.5 Å². The lowest BCUT2D eigenvalue weighted by atomic mass is 10.2. The molecule has 0 aromatic carbocycles. The Hall–Kier alpha value is -1.96. The molecular weight excluding hydrogens is 318 g/mol. The smallest absolute Gasteiger partial charge is 0.355 e. The summed E-state index contributed by atoms with van der Waals surface area (Å²) in [4.78, 5) is 39.9. The highest BCUT2D eigenvalue weighted by Gasteiger charge is 2.11. The monoisotopic (exact) mass is 341 g/mol. The van der Waals surface area contributed by atoms with E-state index in [1.807, 2.05) is 13.8 Å². The molecule has 0 radical (unpaired) electrons. The number of carboxylic acids is 1. The zero-order valence-corrected chi connectivity index (χ0v) is 14.3. The van der Waals surface area contributed by atoms with Crippen LogP contribution in [0.1, 0.15) is 48.6 Å². The van der Waals surface area contributed by atoms with Crippen LogP contribution in [0.25, 0.3) is 0 Å². The van der Waals surface area contributed by atoms with Gasteiger partial charge in [0.2, 0.25) is 11.8 Å². The second kappa shape index (κ2) is 9.94. The maximum absolute atomic E-state index is 11.8. The Bertz CT molecular complexity index is 541. The summed E-state index contributed by atoms with van der Waals surface area (Å²) in [6, 6.07) is 0. The number of carbonyl (C=O) groups is 3. The third-order valence-corrected chi connectivity index (χ3v) is 4.25. The van der Waals surface area contributed by atoms with Crippen molar-refractivity contribution in [3.05, 3.63) is 16.1 Å². The van der Waals surface area contributed by atoms with Crippen molar-refractivity contribution in [1.82, 2.24) is 15.2 Å². The molecule has 1 aromatic rings. The van der Waals surface area contributed by atoms with E-state index >= 15 is 0 Å². The molecule has 0 aliphatic heterocycles. The van der Waals surface area contributed by atoms with E-state index in [4.69, 9.17) is 5.11 Å². The molecule has 0 saturated carbocycles. The molecule has 0 saturated heterocycles. The van der Waals surface area contributed by atoms with E-state index in [-0.39, 0.29) is 17.5 Å². The van der Waals surface area contributed by atoms with Crippen molar-refractivity contribution in [2.75, 3.05) is 19.6 Å². The van der Waals surface area contributed by atoms with Gasteiger partial charge in [-0.1, -0.05) is 0 Å². The van der Waals surface area contributed by atoms with E-state index in [0.29, 0.717) is 50.3 Å². The van der Waals surface area contributed by atoms with Gasteiger partial charge in [0, 0.05) is 44.3 Å². The third kappa shape index (κ3) is 6.77. The molecule has 1 heterocycles. The van der Waals surface area contributed by atoms with Gasteiger partial charge in [0.1, 0.15) is 0 Å². The van der Waals surface area contributed by atoms with Crippen LogP contribution in [-0.2, 0) is 16.0 Å². The van der Waals surface area contributed by atoms with Crippen molar-refractivity contribution in [3.63, 3.8) is 0 Å². The molecule has 0 aliphatic rings. The summed E-state index contributed by atoms with van der Waals surface area (Å²) in [5, 5.41) is 13.7. The Morgan fingerprint density at radius 1 is 1.26 bits per heavy atom. The van der Waals surface area contributed by atoms with E-state index in [1.54, 1.807) is 4.90 Å². The number of aromatic nitrogens is 1. The number of nitrogens with zero attached hydrogens (tertiary/aromatic N) is 2. The summed E-state index contributed by atoms with van der Waals surface area (Å²) in [6.45, 7) is 5.65. The summed E-state index contributed by atoms with van der Waals surface area (Å²) < 4.78 is 0. The van der Waals surface area contributed by atoms with E-state index < -0.39 is 5.97 Å². The fraction of sp³-hybridized carbons (Fsp3) is 0.600. The Kier molecular flexibility index (Phi) is 8.25. The lowest BCUT2D eigenvalue weighted by Gasteiger charge is -2.18. The van der Waals surface area contributed by atoms with Gasteiger partial charge in [0.25, 0.3) is 0 Å². The van der Waals surface area contributed by atoms with E-state index in [2.05, 4.69) is 10.3 Å². The van der Waals surface area contributed by atoms with Gasteiger partial charge in [-0.25, -0.2) is 9.78 Å². The highest BCUT2D eigenvalue weighted by Crippen LogP contribution is 2.10. The highest BCUT2D eigenvalue weighted by atomic mass is 32.1. The highest BCUT2D eigenvalue weighted by molar-refractivity contribution is 7.09. The number of carboxylic acid groups (broad SMARTS) is 1. The number of hydrogen-bond donors (Lipinski definition) is 2. The van der Waals surface area contributed by atoms with Crippen LogP contribution in [0.15, 0.2) is 5.38 Å². The number of carbonyl (C=O) groups excluding carboxylic acids is 2. The van der Waals surface area contributed by atoms with Crippen LogP contribution in [0.2, 0.25) is 0 Å². The molecule has 0 aliphatic carbocycles. The zero-order valence-electron chi connectivity index (χ0n) is 13.5. The van der Waals surface area contributed by atoms with Gasteiger partial charge < -0.3 is 15.3 Å². The van der Waals surface area contributed by atoms with E-state index in [1.165, 1.54) is 16.7 Å². The molecule has 1 rings (SSSR count). The summed E-state index contributed by atoms with van der Waals surface area (Å²) in [6.07, 6.45) is 1.72. The second-order valence-electron chi connectivity index (χ2n) is 4.95. The predicted octanol–water partition coefficient (Wildman–Crippen LogP) is 1.54. The first-order valence-corrected chi connectivity index (χ1v) is 8.58. The predicted molar refractivity (Wildman–Crippen MR) is 87.6 cm³/mol. The SMILES string of the molecule is CCN(CC)C(=O)CCCC(=O)NCCc1nc(C(=O)O)cs1. The van der Waals surface area contributed by atoms with Crippen molar-refractivity contribution in [3.8, 4) is 0 Å². The zero-order chi connectivity index (χ0) is 17.2. The van der Waals surface area contributed by atoms with Gasteiger partial charge in [-0.15, -0.1) is 11.3 Å². The Morgan fingerprint density at radius 2 is 1.96 bits per heavy atom. The fourth-order valence-corrected chi connectivity index (χ4v) is 2.83. The molecule has 0 bridgehead atoms. The number of thiazole rings is 1. The summed E-state index contributed by atoms with van der Waals surface area (Å²) in [5.41, 5.74) is 0.0336. The van der Waals surface area contributed by atoms with Gasteiger partial charge >= 0.3 is 5.97 Å². The number of rotatable bonds is 10. The lowest BCUT2D eigenvalue weighted by molar-refractivity contribution is -0.131. The average molecular weight is 341 g/mol. The fourth-order valence-electron chi connectivity index (χ4n) is 2.06. The molecular formula is C15H23N3O4S. The number of hydrogen-bond acceptors (Lipinski definition) is 5. The normalized spacial score (nSPS) is 10.3. The summed E-state index contributed by atoms with van der Waals surface area (Å²) in [7, 11) is 0. The van der Waals surface area contributed by atoms with Gasteiger partial charge in [-0.05, 0) is 20.3 Å². The number of aromatic carboxylic acids is 1. The second-order valence-corrected chi connectivity index (χ2v) is 5.89. The standard InChI is InChI=1S/C15H23N3O4S/c1-3-18(4-2)14(20)7-5-6-12(19)16-9-8-13-17-11(10-23-13)15(21)22/h10H,3-9H2,1-2H3,(H,16,19)(H,21,22). The molecule has 0 atom stereocenters. The number of nitrogens with one attached hydrogen (secondary N) is 1. The Labute approximate surface area is 139 Å². The minimum absolute atomic E-state index is 0.0336. The van der Waals surface area contributed by atoms with Crippen molar-refractivity contribution in [2.24, 2.45) is 0 Å². The average Bonchev–Trinajstić information content (AvgIpc) is 2.97. The molecule has 0 spiro atoms. The molecule has 0 fully saturated rings. The Morgan fingerprint density at radius 3 is 2.52 bits per heavy atom. The summed E-state index contributed by atoms with van der Waals surface area (Å²) >= 11 is 1.27. The van der Waals surface area contributed by atoms with Gasteiger partial charge in [0.05, 0.1) is 5.01 Å². The minimum atomic E-state index is -1.05. The maximum atomic E-state index is 11.8. The third-order valence-electron chi connectivity index (χ3n) is 3.34. The molecule has 1 aromatic heterocycles. The van der Waals surface area contributed by atoms with Crippen LogP contribution >= 0.6 is 11.3 Å². The first kappa shape index (κ1) is 19.1. The van der Waals surface area contributed by atoms with Crippen LogP contribution in [-0.4, -0.2) is 52.4 Å². The van der Waals surface area contributed by atoms with Gasteiger partial charge in [-0.3, -0.25) is 9.59 Å². The topological polar surface area (TPSA) is 99.6 Å². The minimum Gasteiger partial charge on any atom is -0.476 e. The Balaban J connectivity index is 2.19. The lowest BCUT2D eigenvalue weighted by Crippen LogP contribution is -2.31. The largest absolute Gasteiger partial charge is 0.476 e. The van der Waals surface area contributed by atoms with Crippen LogP contribution in [0, 0.1) is 0 Å². The first-order chi connectivity index (χ1) is 11.0. The molecule has 7 nitrogen and oxygen atoms in total. The van der Waals surface area contributed by atoms with Crippen molar-refractivity contribution in [1.29, 1.82) is 0 Å². The van der Waals surface area contributed by atoms with Crippen LogP contribution in [0.3, 0.4) is 0 Å². The molecule has 2 N–H and O–H groups in total. The van der Waals surface area contributed by atoms with Crippen LogP contribution in [0.5, 0.6) is 0 Å². The number of amides is 2. The van der Waals surface area contributed by atoms with E-state index in [9.17, 15) is 14.4 Å². The van der Waals surface area contributed by atoms with Gasteiger partial charge in [-0.2, -0.15) is 0 Å². The first-order valence-electron chi connectivity index (χ1n) is 7.70. The van der Waals surface area contributed by atoms with Crippen molar-refractivity contribution in [2.45, 2.75) is 39.5 Å². The molecule has 128 valence electrons. The van der Waals surface area contributed by atoms with E-state index in [0.717, 1.165) is 0 Å². The van der Waals surface area contributed by atoms with Crippen molar-refractivity contribution >= 4 is 29.1 Å². The molecule has 8 heteroatoms.